The third kappa shape index (κ3) is 2.09. The summed E-state index contributed by atoms with van der Waals surface area (Å²) in [5.41, 5.74) is 3.25. The van der Waals surface area contributed by atoms with E-state index in [-0.39, 0.29) is 0 Å². The number of hydrogen-bond acceptors (Lipinski definition) is 2. The fraction of sp³-hybridized carbons (Fsp3) is 0.0667. The Balaban J connectivity index is 2.27. The lowest BCUT2D eigenvalue weighted by atomic mass is 10.2. The summed E-state index contributed by atoms with van der Waals surface area (Å²) in [4.78, 5) is 4.60. The Bertz CT molecular complexity index is 861. The first-order valence-electron chi connectivity index (χ1n) is 5.92. The third-order valence-electron chi connectivity index (χ3n) is 3.18. The molecule has 1 aromatic heterocycles. The summed E-state index contributed by atoms with van der Waals surface area (Å²) in [5.74, 6) is 0.785. The number of halogens is 2. The van der Waals surface area contributed by atoms with Crippen LogP contribution in [0.3, 0.4) is 0 Å². The van der Waals surface area contributed by atoms with Gasteiger partial charge in [0.2, 0.25) is 0 Å². The maximum atomic E-state index is 8.98. The van der Waals surface area contributed by atoms with Crippen molar-refractivity contribution in [1.29, 1.82) is 5.26 Å². The molecule has 0 unspecified atom stereocenters. The average Bonchev–Trinajstić information content (AvgIpc) is 2.76. The lowest BCUT2D eigenvalue weighted by Crippen LogP contribution is -1.93. The standard InChI is InChI=1S/C15H9BrClN3/c1-20-14-6-9(8-18)2-5-13(14)19-15(20)11-4-3-10(16)7-12(11)17/h2-7H,1H3. The number of imidazole rings is 1. The second kappa shape index (κ2) is 4.93. The molecule has 2 aromatic carbocycles. The van der Waals surface area contributed by atoms with E-state index in [1.54, 1.807) is 6.07 Å². The first kappa shape index (κ1) is 13.2. The molecule has 5 heteroatoms. The highest BCUT2D eigenvalue weighted by Crippen LogP contribution is 2.31. The summed E-state index contributed by atoms with van der Waals surface area (Å²) >= 11 is 9.68. The van der Waals surface area contributed by atoms with Crippen molar-refractivity contribution in [3.8, 4) is 17.5 Å². The van der Waals surface area contributed by atoms with Crippen LogP contribution in [-0.2, 0) is 7.05 Å². The number of hydrogen-bond donors (Lipinski definition) is 0. The first-order chi connectivity index (χ1) is 9.60. The van der Waals surface area contributed by atoms with Gasteiger partial charge in [0.05, 0.1) is 27.7 Å². The highest BCUT2D eigenvalue weighted by molar-refractivity contribution is 9.10. The lowest BCUT2D eigenvalue weighted by molar-refractivity contribution is 0.959. The van der Waals surface area contributed by atoms with E-state index < -0.39 is 0 Å². The molecule has 98 valence electrons. The van der Waals surface area contributed by atoms with Gasteiger partial charge >= 0.3 is 0 Å². The Hall–Kier alpha value is -1.83. The summed E-state index contributed by atoms with van der Waals surface area (Å²) in [6.07, 6.45) is 0. The number of fused-ring (bicyclic) bond motifs is 1. The van der Waals surface area contributed by atoms with Gasteiger partial charge in [0.25, 0.3) is 0 Å². The van der Waals surface area contributed by atoms with Crippen LogP contribution < -0.4 is 0 Å². The van der Waals surface area contributed by atoms with E-state index in [2.05, 4.69) is 27.0 Å². The van der Waals surface area contributed by atoms with Crippen molar-refractivity contribution in [2.75, 3.05) is 0 Å². The van der Waals surface area contributed by atoms with Crippen molar-refractivity contribution >= 4 is 38.6 Å². The molecule has 0 N–H and O–H groups in total. The Kier molecular flexibility index (Phi) is 3.25. The summed E-state index contributed by atoms with van der Waals surface area (Å²) in [6.45, 7) is 0. The largest absolute Gasteiger partial charge is 0.327 e. The van der Waals surface area contributed by atoms with E-state index in [1.165, 1.54) is 0 Å². The summed E-state index contributed by atoms with van der Waals surface area (Å²) in [5, 5.41) is 9.62. The topological polar surface area (TPSA) is 41.6 Å². The van der Waals surface area contributed by atoms with Crippen LogP contribution in [0.15, 0.2) is 40.9 Å². The van der Waals surface area contributed by atoms with Gasteiger partial charge in [-0.1, -0.05) is 27.5 Å². The predicted molar refractivity (Wildman–Crippen MR) is 83.6 cm³/mol. The molecule has 0 saturated carbocycles. The summed E-state index contributed by atoms with van der Waals surface area (Å²) in [6, 6.07) is 13.3. The number of rotatable bonds is 1. The van der Waals surface area contributed by atoms with Crippen molar-refractivity contribution < 1.29 is 0 Å². The Labute approximate surface area is 129 Å². The van der Waals surface area contributed by atoms with Crippen LogP contribution in [0.4, 0.5) is 0 Å². The molecule has 0 spiro atoms. The monoisotopic (exact) mass is 345 g/mol. The molecule has 0 aliphatic carbocycles. The second-order valence-corrected chi connectivity index (χ2v) is 5.76. The minimum absolute atomic E-state index is 0.619. The molecule has 0 amide bonds. The predicted octanol–water partition coefficient (Wildman–Crippen LogP) is 4.53. The number of nitriles is 1. The van der Waals surface area contributed by atoms with Crippen molar-refractivity contribution in [3.63, 3.8) is 0 Å². The van der Waals surface area contributed by atoms with Gasteiger partial charge in [-0.3, -0.25) is 0 Å². The SMILES string of the molecule is Cn1c(-c2ccc(Br)cc2Cl)nc2ccc(C#N)cc21. The van der Waals surface area contributed by atoms with Gasteiger partial charge in [0.15, 0.2) is 0 Å². The molecule has 0 atom stereocenters. The van der Waals surface area contributed by atoms with Crippen LogP contribution in [0.2, 0.25) is 5.02 Å². The highest BCUT2D eigenvalue weighted by atomic mass is 79.9. The molecule has 0 aliphatic rings. The normalized spacial score (nSPS) is 10.7. The summed E-state index contributed by atoms with van der Waals surface area (Å²) in [7, 11) is 1.92. The second-order valence-electron chi connectivity index (χ2n) is 4.43. The van der Waals surface area contributed by atoms with Crippen LogP contribution in [0.25, 0.3) is 22.4 Å². The molecule has 0 aliphatic heterocycles. The molecule has 20 heavy (non-hydrogen) atoms. The molecule has 0 radical (unpaired) electrons. The maximum Gasteiger partial charge on any atom is 0.142 e. The third-order valence-corrected chi connectivity index (χ3v) is 3.99. The number of aromatic nitrogens is 2. The van der Waals surface area contributed by atoms with Gasteiger partial charge in [0.1, 0.15) is 5.82 Å². The van der Waals surface area contributed by atoms with E-state index >= 15 is 0 Å². The zero-order chi connectivity index (χ0) is 14.3. The van der Waals surface area contributed by atoms with Crippen LogP contribution in [0.5, 0.6) is 0 Å². The average molecular weight is 347 g/mol. The van der Waals surface area contributed by atoms with Crippen molar-refractivity contribution in [3.05, 3.63) is 51.5 Å². The van der Waals surface area contributed by atoms with E-state index in [9.17, 15) is 0 Å². The Morgan fingerprint density at radius 1 is 1.25 bits per heavy atom. The molecular weight excluding hydrogens is 338 g/mol. The van der Waals surface area contributed by atoms with Gasteiger partial charge in [-0.05, 0) is 36.4 Å². The number of aryl methyl sites for hydroxylation is 1. The van der Waals surface area contributed by atoms with Crippen molar-refractivity contribution in [2.24, 2.45) is 7.05 Å². The zero-order valence-electron chi connectivity index (χ0n) is 10.6. The van der Waals surface area contributed by atoms with Crippen LogP contribution in [-0.4, -0.2) is 9.55 Å². The van der Waals surface area contributed by atoms with Crippen molar-refractivity contribution in [2.45, 2.75) is 0 Å². The molecule has 0 fully saturated rings. The van der Waals surface area contributed by atoms with E-state index in [0.29, 0.717) is 10.6 Å². The quantitative estimate of drug-likeness (QED) is 0.649. The summed E-state index contributed by atoms with van der Waals surface area (Å²) < 4.78 is 2.88. The van der Waals surface area contributed by atoms with Gasteiger partial charge in [-0.25, -0.2) is 4.98 Å². The Morgan fingerprint density at radius 3 is 2.75 bits per heavy atom. The first-order valence-corrected chi connectivity index (χ1v) is 7.09. The van der Waals surface area contributed by atoms with E-state index in [1.807, 2.05) is 41.9 Å². The number of nitrogens with zero attached hydrogens (tertiary/aromatic N) is 3. The molecule has 3 rings (SSSR count). The van der Waals surface area contributed by atoms with E-state index in [4.69, 9.17) is 16.9 Å². The Morgan fingerprint density at radius 2 is 2.05 bits per heavy atom. The molecule has 3 aromatic rings. The van der Waals surface area contributed by atoms with Gasteiger partial charge in [-0.15, -0.1) is 0 Å². The minimum Gasteiger partial charge on any atom is -0.327 e. The smallest absolute Gasteiger partial charge is 0.142 e. The minimum atomic E-state index is 0.619. The van der Waals surface area contributed by atoms with Gasteiger partial charge in [0, 0.05) is 17.1 Å². The lowest BCUT2D eigenvalue weighted by Gasteiger charge is -2.05. The molecule has 1 heterocycles. The van der Waals surface area contributed by atoms with Crippen LogP contribution >= 0.6 is 27.5 Å². The molecule has 0 saturated heterocycles. The van der Waals surface area contributed by atoms with Gasteiger partial charge < -0.3 is 4.57 Å². The van der Waals surface area contributed by atoms with Gasteiger partial charge in [-0.2, -0.15) is 5.26 Å². The molecule has 0 bridgehead atoms. The van der Waals surface area contributed by atoms with E-state index in [0.717, 1.165) is 26.9 Å². The molecular formula is C15H9BrClN3. The zero-order valence-corrected chi connectivity index (χ0v) is 12.9. The fourth-order valence-corrected chi connectivity index (χ4v) is 2.93. The maximum absolute atomic E-state index is 8.98. The fourth-order valence-electron chi connectivity index (χ4n) is 2.17. The van der Waals surface area contributed by atoms with Crippen molar-refractivity contribution in [1.82, 2.24) is 9.55 Å². The van der Waals surface area contributed by atoms with Crippen LogP contribution in [0.1, 0.15) is 5.56 Å². The number of benzene rings is 2. The van der Waals surface area contributed by atoms with Crippen LogP contribution in [0, 0.1) is 11.3 Å². The highest BCUT2D eigenvalue weighted by Gasteiger charge is 2.13. The molecule has 3 nitrogen and oxygen atoms in total.